The zero-order chi connectivity index (χ0) is 21.1. The summed E-state index contributed by atoms with van der Waals surface area (Å²) >= 11 is 0. The second-order valence-corrected chi connectivity index (χ2v) is 9.00. The second kappa shape index (κ2) is 6.86. The Morgan fingerprint density at radius 3 is 2.56 bits per heavy atom. The fraction of sp³-hybridized carbons (Fsp3) is 0.133. The lowest BCUT2D eigenvalue weighted by atomic mass is 9.83. The van der Waals surface area contributed by atoms with Gasteiger partial charge in [-0.05, 0) is 59.0 Å². The number of fused-ring (bicyclic) bond motifs is 6. The molecular formula is C30H24N2. The molecule has 3 aromatic rings. The van der Waals surface area contributed by atoms with E-state index in [-0.39, 0.29) is 0 Å². The smallest absolute Gasteiger partial charge is 0.0630 e. The van der Waals surface area contributed by atoms with Gasteiger partial charge < -0.3 is 10.2 Å². The number of para-hydroxylation sites is 3. The standard InChI is InChI=1S/C30H24N2/c1-2-8-22(9-3-1)32-29-13-7-5-11-24(29)26-19-21(15-17-30(26)32)20-14-16-28-25(18-20)23-10-4-6-12-27(23)31-28/h1-15,17-19,26,28,30-31H,16H2. The maximum absolute atomic E-state index is 3.68. The maximum atomic E-state index is 3.68. The molecule has 0 bridgehead atoms. The van der Waals surface area contributed by atoms with Crippen molar-refractivity contribution in [1.29, 1.82) is 0 Å². The molecule has 0 radical (unpaired) electrons. The molecule has 3 aromatic carbocycles. The quantitative estimate of drug-likeness (QED) is 0.488. The van der Waals surface area contributed by atoms with Crippen LogP contribution in [-0.2, 0) is 0 Å². The zero-order valence-corrected chi connectivity index (χ0v) is 17.8. The third-order valence-corrected chi connectivity index (χ3v) is 7.25. The van der Waals surface area contributed by atoms with Crippen LogP contribution in [0.2, 0.25) is 0 Å². The van der Waals surface area contributed by atoms with Crippen LogP contribution in [-0.4, -0.2) is 12.1 Å². The molecule has 154 valence electrons. The molecule has 7 rings (SSSR count). The van der Waals surface area contributed by atoms with Crippen molar-refractivity contribution >= 4 is 22.6 Å². The van der Waals surface area contributed by atoms with Gasteiger partial charge in [0.25, 0.3) is 0 Å². The van der Waals surface area contributed by atoms with Crippen molar-refractivity contribution in [2.45, 2.75) is 24.4 Å². The Morgan fingerprint density at radius 1 is 0.812 bits per heavy atom. The summed E-state index contributed by atoms with van der Waals surface area (Å²) in [4.78, 5) is 2.49. The fourth-order valence-corrected chi connectivity index (χ4v) is 5.78. The van der Waals surface area contributed by atoms with Crippen molar-refractivity contribution in [2.75, 3.05) is 10.2 Å². The first kappa shape index (κ1) is 17.9. The summed E-state index contributed by atoms with van der Waals surface area (Å²) in [6.07, 6.45) is 13.1. The van der Waals surface area contributed by atoms with E-state index in [2.05, 4.69) is 119 Å². The lowest BCUT2D eigenvalue weighted by Crippen LogP contribution is -2.29. The van der Waals surface area contributed by atoms with Gasteiger partial charge in [-0.1, -0.05) is 78.9 Å². The van der Waals surface area contributed by atoms with E-state index < -0.39 is 0 Å². The van der Waals surface area contributed by atoms with Crippen molar-refractivity contribution in [3.05, 3.63) is 132 Å². The van der Waals surface area contributed by atoms with E-state index in [9.17, 15) is 0 Å². The maximum Gasteiger partial charge on any atom is 0.0630 e. The highest BCUT2D eigenvalue weighted by molar-refractivity contribution is 5.89. The Kier molecular flexibility index (Phi) is 3.83. The Balaban J connectivity index is 1.28. The molecule has 2 heteroatoms. The van der Waals surface area contributed by atoms with Gasteiger partial charge in [-0.25, -0.2) is 0 Å². The Hall–Kier alpha value is -3.78. The van der Waals surface area contributed by atoms with Gasteiger partial charge in [0.15, 0.2) is 0 Å². The van der Waals surface area contributed by atoms with Gasteiger partial charge in [0, 0.05) is 28.5 Å². The summed E-state index contributed by atoms with van der Waals surface area (Å²) in [7, 11) is 0. The Labute approximate surface area is 188 Å². The summed E-state index contributed by atoms with van der Waals surface area (Å²) in [5.74, 6) is 0.359. The minimum Gasteiger partial charge on any atom is -0.377 e. The molecule has 4 aliphatic rings. The monoisotopic (exact) mass is 412 g/mol. The Morgan fingerprint density at radius 2 is 1.62 bits per heavy atom. The first-order valence-corrected chi connectivity index (χ1v) is 11.5. The van der Waals surface area contributed by atoms with Crippen LogP contribution in [0.25, 0.3) is 5.57 Å². The Bertz CT molecular complexity index is 1340. The number of rotatable bonds is 2. The van der Waals surface area contributed by atoms with Gasteiger partial charge in [-0.3, -0.25) is 0 Å². The fourth-order valence-electron chi connectivity index (χ4n) is 5.78. The largest absolute Gasteiger partial charge is 0.377 e. The first-order valence-electron chi connectivity index (χ1n) is 11.5. The van der Waals surface area contributed by atoms with Crippen molar-refractivity contribution in [2.24, 2.45) is 0 Å². The molecule has 0 fully saturated rings. The van der Waals surface area contributed by atoms with E-state index in [1.165, 1.54) is 44.9 Å². The van der Waals surface area contributed by atoms with Gasteiger partial charge in [-0.2, -0.15) is 0 Å². The number of allylic oxidation sites excluding steroid dienone is 4. The highest BCUT2D eigenvalue weighted by Crippen LogP contribution is 2.49. The summed E-state index contributed by atoms with van der Waals surface area (Å²) in [6.45, 7) is 0. The van der Waals surface area contributed by atoms with Crippen molar-refractivity contribution in [3.8, 4) is 0 Å². The number of anilines is 3. The highest BCUT2D eigenvalue weighted by Gasteiger charge is 2.38. The molecule has 0 amide bonds. The molecule has 2 nitrogen and oxygen atoms in total. The first-order chi connectivity index (χ1) is 15.9. The zero-order valence-electron chi connectivity index (χ0n) is 17.8. The topological polar surface area (TPSA) is 15.3 Å². The van der Waals surface area contributed by atoms with Crippen LogP contribution in [0, 0.1) is 0 Å². The van der Waals surface area contributed by atoms with E-state index in [1.54, 1.807) is 0 Å². The minimum atomic E-state index is 0.317. The molecule has 2 heterocycles. The van der Waals surface area contributed by atoms with E-state index in [0.717, 1.165) is 6.42 Å². The third kappa shape index (κ3) is 2.59. The summed E-state index contributed by atoms with van der Waals surface area (Å²) in [5, 5.41) is 3.68. The second-order valence-electron chi connectivity index (χ2n) is 9.00. The molecule has 2 aliphatic carbocycles. The molecule has 3 unspecified atom stereocenters. The molecular weight excluding hydrogens is 388 g/mol. The van der Waals surface area contributed by atoms with E-state index in [0.29, 0.717) is 18.0 Å². The SMILES string of the molecule is C1=CC2C(C=C1C1=CCC3Nc4ccccc4C3=C1)c1ccccc1N2c1ccccc1. The summed E-state index contributed by atoms with van der Waals surface area (Å²) in [5.41, 5.74) is 10.7. The number of nitrogens with zero attached hydrogens (tertiary/aromatic N) is 1. The van der Waals surface area contributed by atoms with Crippen LogP contribution >= 0.6 is 0 Å². The van der Waals surface area contributed by atoms with Crippen LogP contribution in [0.5, 0.6) is 0 Å². The van der Waals surface area contributed by atoms with Crippen molar-refractivity contribution < 1.29 is 0 Å². The van der Waals surface area contributed by atoms with Gasteiger partial charge in [0.1, 0.15) is 0 Å². The predicted octanol–water partition coefficient (Wildman–Crippen LogP) is 6.99. The number of hydrogen-bond donors (Lipinski definition) is 1. The minimum absolute atomic E-state index is 0.317. The average molecular weight is 413 g/mol. The van der Waals surface area contributed by atoms with Crippen LogP contribution < -0.4 is 10.2 Å². The van der Waals surface area contributed by atoms with Gasteiger partial charge in [0.2, 0.25) is 0 Å². The lowest BCUT2D eigenvalue weighted by molar-refractivity contribution is 0.739. The molecule has 0 saturated heterocycles. The third-order valence-electron chi connectivity index (χ3n) is 7.25. The highest BCUT2D eigenvalue weighted by atomic mass is 15.2. The molecule has 0 spiro atoms. The number of benzene rings is 3. The summed E-state index contributed by atoms with van der Waals surface area (Å²) < 4.78 is 0. The van der Waals surface area contributed by atoms with E-state index >= 15 is 0 Å². The molecule has 32 heavy (non-hydrogen) atoms. The van der Waals surface area contributed by atoms with E-state index in [4.69, 9.17) is 0 Å². The molecule has 3 atom stereocenters. The molecule has 1 N–H and O–H groups in total. The average Bonchev–Trinajstić information content (AvgIpc) is 3.39. The summed E-state index contributed by atoms with van der Waals surface area (Å²) in [6, 6.07) is 29.0. The van der Waals surface area contributed by atoms with Gasteiger partial charge >= 0.3 is 0 Å². The van der Waals surface area contributed by atoms with Crippen molar-refractivity contribution in [3.63, 3.8) is 0 Å². The molecule has 2 aliphatic heterocycles. The number of nitrogens with one attached hydrogen (secondary N) is 1. The predicted molar refractivity (Wildman–Crippen MR) is 133 cm³/mol. The normalized spacial score (nSPS) is 24.4. The van der Waals surface area contributed by atoms with Crippen LogP contribution in [0.4, 0.5) is 17.1 Å². The lowest BCUT2D eigenvalue weighted by Gasteiger charge is -2.30. The van der Waals surface area contributed by atoms with E-state index in [1.807, 2.05) is 0 Å². The van der Waals surface area contributed by atoms with Gasteiger partial charge in [0.05, 0.1) is 12.1 Å². The van der Waals surface area contributed by atoms with Crippen LogP contribution in [0.1, 0.15) is 23.5 Å². The number of hydrogen-bond acceptors (Lipinski definition) is 2. The van der Waals surface area contributed by atoms with Crippen LogP contribution in [0.3, 0.4) is 0 Å². The van der Waals surface area contributed by atoms with Crippen LogP contribution in [0.15, 0.2) is 120 Å². The van der Waals surface area contributed by atoms with Crippen molar-refractivity contribution in [1.82, 2.24) is 0 Å². The molecule has 0 saturated carbocycles. The molecule has 0 aromatic heterocycles. The van der Waals surface area contributed by atoms with Gasteiger partial charge in [-0.15, -0.1) is 0 Å².